The third-order valence-electron chi connectivity index (χ3n) is 1.08. The molecule has 1 nitrogen and oxygen atoms in total. The molecule has 1 heterocycles. The Balaban J connectivity index is 2.65. The van der Waals surface area contributed by atoms with E-state index in [2.05, 4.69) is 27.8 Å². The molecule has 0 saturated carbocycles. The fourth-order valence-corrected chi connectivity index (χ4v) is 1.70. The first-order chi connectivity index (χ1) is 4.34. The van der Waals surface area contributed by atoms with Gasteiger partial charge in [-0.2, -0.15) is 0 Å². The van der Waals surface area contributed by atoms with Gasteiger partial charge < -0.3 is 0 Å². The van der Waals surface area contributed by atoms with Gasteiger partial charge in [-0.15, -0.1) is 11.3 Å². The van der Waals surface area contributed by atoms with Crippen LogP contribution >= 0.6 is 27.3 Å². The Bertz CT molecular complexity index is 162. The lowest BCUT2D eigenvalue weighted by atomic mass is 10.4. The van der Waals surface area contributed by atoms with E-state index in [0.29, 0.717) is 4.83 Å². The Morgan fingerprint density at radius 1 is 1.89 bits per heavy atom. The number of halogens is 1. The van der Waals surface area contributed by atoms with E-state index in [1.54, 1.807) is 11.3 Å². The first-order valence-corrected chi connectivity index (χ1v) is 4.67. The molecule has 0 aromatic carbocycles. The number of hydrogen-bond acceptors (Lipinski definition) is 2. The van der Waals surface area contributed by atoms with Crippen LogP contribution in [-0.4, -0.2) is 4.98 Å². The van der Waals surface area contributed by atoms with Crippen molar-refractivity contribution in [1.82, 2.24) is 4.98 Å². The van der Waals surface area contributed by atoms with Gasteiger partial charge in [-0.05, 0) is 6.42 Å². The van der Waals surface area contributed by atoms with Crippen molar-refractivity contribution in [3.63, 3.8) is 0 Å². The lowest BCUT2D eigenvalue weighted by molar-refractivity contribution is 0.899. The summed E-state index contributed by atoms with van der Waals surface area (Å²) in [5.41, 5.74) is 0. The van der Waals surface area contributed by atoms with Gasteiger partial charge in [0.25, 0.3) is 0 Å². The van der Waals surface area contributed by atoms with Crippen LogP contribution < -0.4 is 0 Å². The quantitative estimate of drug-likeness (QED) is 0.678. The van der Waals surface area contributed by atoms with Crippen LogP contribution in [0.15, 0.2) is 11.6 Å². The maximum Gasteiger partial charge on any atom is 0.106 e. The second-order valence-electron chi connectivity index (χ2n) is 1.75. The highest BCUT2D eigenvalue weighted by Gasteiger charge is 2.05. The van der Waals surface area contributed by atoms with E-state index in [1.807, 2.05) is 11.6 Å². The van der Waals surface area contributed by atoms with Gasteiger partial charge in [-0.25, -0.2) is 4.98 Å². The normalized spacial score (nSPS) is 13.6. The van der Waals surface area contributed by atoms with Crippen molar-refractivity contribution in [1.29, 1.82) is 0 Å². The first kappa shape index (κ1) is 7.22. The monoisotopic (exact) mass is 205 g/mol. The molecular formula is C6H8BrNS. The van der Waals surface area contributed by atoms with Crippen molar-refractivity contribution >= 4 is 27.3 Å². The summed E-state index contributed by atoms with van der Waals surface area (Å²) in [6, 6.07) is 0. The predicted octanol–water partition coefficient (Wildman–Crippen LogP) is 2.99. The smallest absolute Gasteiger partial charge is 0.106 e. The lowest BCUT2D eigenvalue weighted by Crippen LogP contribution is -1.83. The van der Waals surface area contributed by atoms with Crippen LogP contribution in [0.5, 0.6) is 0 Å². The van der Waals surface area contributed by atoms with Crippen molar-refractivity contribution in [3.8, 4) is 0 Å². The highest BCUT2D eigenvalue weighted by Crippen LogP contribution is 2.26. The summed E-state index contributed by atoms with van der Waals surface area (Å²) in [7, 11) is 0. The molecule has 0 aliphatic carbocycles. The minimum Gasteiger partial charge on any atom is -0.249 e. The summed E-state index contributed by atoms with van der Waals surface area (Å²) in [6.07, 6.45) is 2.94. The van der Waals surface area contributed by atoms with Gasteiger partial charge in [0.15, 0.2) is 0 Å². The van der Waals surface area contributed by atoms with Gasteiger partial charge >= 0.3 is 0 Å². The average molecular weight is 206 g/mol. The topological polar surface area (TPSA) is 12.9 Å². The molecule has 9 heavy (non-hydrogen) atoms. The number of hydrogen-bond donors (Lipinski definition) is 0. The number of thiazole rings is 1. The maximum absolute atomic E-state index is 4.16. The van der Waals surface area contributed by atoms with Crippen molar-refractivity contribution in [3.05, 3.63) is 16.6 Å². The van der Waals surface area contributed by atoms with Gasteiger partial charge in [0, 0.05) is 11.6 Å². The molecule has 1 rings (SSSR count). The fourth-order valence-electron chi connectivity index (χ4n) is 0.564. The summed E-state index contributed by atoms with van der Waals surface area (Å²) in [6.45, 7) is 2.14. The highest BCUT2D eigenvalue weighted by atomic mass is 79.9. The molecule has 3 heteroatoms. The Labute approximate surface area is 67.3 Å². The summed E-state index contributed by atoms with van der Waals surface area (Å²) in [5, 5.41) is 3.18. The molecule has 0 aliphatic rings. The zero-order valence-electron chi connectivity index (χ0n) is 5.17. The average Bonchev–Trinajstić information content (AvgIpc) is 2.37. The lowest BCUT2D eigenvalue weighted by Gasteiger charge is -1.98. The van der Waals surface area contributed by atoms with Gasteiger partial charge in [-0.1, -0.05) is 22.9 Å². The first-order valence-electron chi connectivity index (χ1n) is 2.88. The van der Waals surface area contributed by atoms with E-state index >= 15 is 0 Å². The Morgan fingerprint density at radius 3 is 3.11 bits per heavy atom. The standard InChI is InChI=1S/C6H8BrNS/c1-2-5(7)6-8-3-4-9-6/h3-5H,2H2,1H3. The number of nitrogens with zero attached hydrogens (tertiary/aromatic N) is 1. The number of aromatic nitrogens is 1. The molecular weight excluding hydrogens is 198 g/mol. The molecule has 1 aromatic rings. The Hall–Kier alpha value is 0.110. The van der Waals surface area contributed by atoms with E-state index in [1.165, 1.54) is 5.01 Å². The van der Waals surface area contributed by atoms with Gasteiger partial charge in [0.05, 0.1) is 4.83 Å². The molecule has 0 bridgehead atoms. The molecule has 0 fully saturated rings. The molecule has 0 amide bonds. The molecule has 1 atom stereocenters. The summed E-state index contributed by atoms with van der Waals surface area (Å²) >= 11 is 5.21. The summed E-state index contributed by atoms with van der Waals surface area (Å²) in [5.74, 6) is 0. The van der Waals surface area contributed by atoms with Gasteiger partial charge in [-0.3, -0.25) is 0 Å². The van der Waals surface area contributed by atoms with E-state index in [9.17, 15) is 0 Å². The molecule has 0 N–H and O–H groups in total. The summed E-state index contributed by atoms with van der Waals surface area (Å²) < 4.78 is 0. The van der Waals surface area contributed by atoms with Gasteiger partial charge in [0.2, 0.25) is 0 Å². The van der Waals surface area contributed by atoms with Crippen LogP contribution in [0.25, 0.3) is 0 Å². The van der Waals surface area contributed by atoms with Crippen LogP contribution in [0.3, 0.4) is 0 Å². The van der Waals surface area contributed by atoms with Crippen LogP contribution in [0, 0.1) is 0 Å². The van der Waals surface area contributed by atoms with Crippen LogP contribution in [0.2, 0.25) is 0 Å². The maximum atomic E-state index is 4.16. The van der Waals surface area contributed by atoms with Crippen molar-refractivity contribution < 1.29 is 0 Å². The Kier molecular flexibility index (Phi) is 2.66. The number of rotatable bonds is 2. The van der Waals surface area contributed by atoms with E-state index in [-0.39, 0.29) is 0 Å². The van der Waals surface area contributed by atoms with Gasteiger partial charge in [0.1, 0.15) is 5.01 Å². The predicted molar refractivity (Wildman–Crippen MR) is 44.1 cm³/mol. The van der Waals surface area contributed by atoms with Crippen molar-refractivity contribution in [2.45, 2.75) is 18.2 Å². The molecule has 50 valence electrons. The third kappa shape index (κ3) is 1.76. The minimum absolute atomic E-state index is 0.456. The molecule has 0 aliphatic heterocycles. The van der Waals surface area contributed by atoms with Crippen molar-refractivity contribution in [2.24, 2.45) is 0 Å². The second-order valence-corrected chi connectivity index (χ2v) is 3.78. The largest absolute Gasteiger partial charge is 0.249 e. The zero-order valence-corrected chi connectivity index (χ0v) is 7.58. The Morgan fingerprint density at radius 2 is 2.67 bits per heavy atom. The van der Waals surface area contributed by atoms with E-state index in [0.717, 1.165) is 6.42 Å². The highest BCUT2D eigenvalue weighted by molar-refractivity contribution is 9.09. The molecule has 1 unspecified atom stereocenters. The van der Waals surface area contributed by atoms with Crippen LogP contribution in [0.4, 0.5) is 0 Å². The van der Waals surface area contributed by atoms with E-state index in [4.69, 9.17) is 0 Å². The molecule has 0 radical (unpaired) electrons. The van der Waals surface area contributed by atoms with Crippen LogP contribution in [-0.2, 0) is 0 Å². The SMILES string of the molecule is CCC(Br)c1nccs1. The summed E-state index contributed by atoms with van der Waals surface area (Å²) in [4.78, 5) is 4.61. The van der Waals surface area contributed by atoms with E-state index < -0.39 is 0 Å². The zero-order chi connectivity index (χ0) is 6.69. The third-order valence-corrected chi connectivity index (χ3v) is 3.35. The fraction of sp³-hybridized carbons (Fsp3) is 0.500. The molecule has 0 saturated heterocycles. The molecule has 0 spiro atoms. The minimum atomic E-state index is 0.456. The second kappa shape index (κ2) is 3.32. The van der Waals surface area contributed by atoms with Crippen LogP contribution in [0.1, 0.15) is 23.2 Å². The number of alkyl halides is 1. The van der Waals surface area contributed by atoms with Crippen molar-refractivity contribution in [2.75, 3.05) is 0 Å². The molecule has 1 aromatic heterocycles.